The van der Waals surface area contributed by atoms with Crippen LogP contribution in [0.1, 0.15) is 54.9 Å². The first-order chi connectivity index (χ1) is 18.3. The number of hydrogen-bond acceptors (Lipinski definition) is 8. The number of amides is 1. The number of thiazole rings is 1. The molecule has 204 valence electrons. The third-order valence-electron chi connectivity index (χ3n) is 7.39. The SMILES string of the molecule is CC(C)(C)OC(=O)Nc1nc2ccc(-c3nc4cc(B5OC(C)(C)C(C)(C)O5)cc5c4n3CCCO5)cc2s1. The summed E-state index contributed by atoms with van der Waals surface area (Å²) in [6.45, 7) is 15.1. The quantitative estimate of drug-likeness (QED) is 0.326. The van der Waals surface area contributed by atoms with Crippen LogP contribution >= 0.6 is 11.3 Å². The van der Waals surface area contributed by atoms with E-state index in [0.29, 0.717) is 11.7 Å². The number of imidazole rings is 1. The Labute approximate surface area is 232 Å². The van der Waals surface area contributed by atoms with Crippen molar-refractivity contribution in [3.63, 3.8) is 0 Å². The Kier molecular flexibility index (Phi) is 5.98. The maximum absolute atomic E-state index is 12.2. The predicted octanol–water partition coefficient (Wildman–Crippen LogP) is 5.74. The number of nitrogens with zero attached hydrogens (tertiary/aromatic N) is 3. The van der Waals surface area contributed by atoms with Crippen molar-refractivity contribution in [1.29, 1.82) is 0 Å². The van der Waals surface area contributed by atoms with Crippen LogP contribution in [-0.2, 0) is 20.6 Å². The number of carbonyl (C=O) groups excluding carboxylic acids is 1. The topological polar surface area (TPSA) is 96.7 Å². The number of carbonyl (C=O) groups is 1. The highest BCUT2D eigenvalue weighted by Crippen LogP contribution is 2.39. The van der Waals surface area contributed by atoms with E-state index < -0.39 is 30.0 Å². The molecule has 0 radical (unpaired) electrons. The number of rotatable bonds is 3. The Morgan fingerprint density at radius 3 is 2.54 bits per heavy atom. The van der Waals surface area contributed by atoms with Crippen molar-refractivity contribution in [1.82, 2.24) is 14.5 Å². The van der Waals surface area contributed by atoms with Gasteiger partial charge in [-0.3, -0.25) is 5.32 Å². The van der Waals surface area contributed by atoms with Crippen LogP contribution in [0.2, 0.25) is 0 Å². The van der Waals surface area contributed by atoms with Crippen LogP contribution in [0, 0.1) is 0 Å². The molecule has 1 amide bonds. The second-order valence-corrected chi connectivity index (χ2v) is 13.1. The van der Waals surface area contributed by atoms with Gasteiger partial charge in [0, 0.05) is 12.1 Å². The molecule has 4 heterocycles. The van der Waals surface area contributed by atoms with Gasteiger partial charge in [0.05, 0.1) is 33.5 Å². The number of benzene rings is 2. The number of aromatic nitrogens is 3. The average molecular weight is 548 g/mol. The number of hydrogen-bond donors (Lipinski definition) is 1. The Morgan fingerprint density at radius 2 is 1.82 bits per heavy atom. The van der Waals surface area contributed by atoms with Crippen LogP contribution in [0.15, 0.2) is 30.3 Å². The highest BCUT2D eigenvalue weighted by atomic mass is 32.1. The van der Waals surface area contributed by atoms with E-state index in [0.717, 1.165) is 56.8 Å². The fourth-order valence-electron chi connectivity index (χ4n) is 4.83. The molecule has 0 saturated carbocycles. The van der Waals surface area contributed by atoms with Gasteiger partial charge < -0.3 is 23.3 Å². The molecule has 6 rings (SSSR count). The molecule has 1 N–H and O–H groups in total. The van der Waals surface area contributed by atoms with Crippen molar-refractivity contribution in [2.75, 3.05) is 11.9 Å². The van der Waals surface area contributed by atoms with Gasteiger partial charge in [0.15, 0.2) is 5.13 Å². The molecular weight excluding hydrogens is 515 g/mol. The van der Waals surface area contributed by atoms with E-state index in [1.165, 1.54) is 11.3 Å². The van der Waals surface area contributed by atoms with Gasteiger partial charge in [-0.2, -0.15) is 0 Å². The highest BCUT2D eigenvalue weighted by molar-refractivity contribution is 7.22. The zero-order chi connectivity index (χ0) is 27.7. The van der Waals surface area contributed by atoms with Gasteiger partial charge in [-0.05, 0) is 90.7 Å². The maximum atomic E-state index is 12.2. The lowest BCUT2D eigenvalue weighted by Crippen LogP contribution is -2.41. The number of fused-ring (bicyclic) bond motifs is 1. The minimum Gasteiger partial charge on any atom is -0.491 e. The number of aryl methyl sites for hydroxylation is 1. The van der Waals surface area contributed by atoms with Gasteiger partial charge in [0.25, 0.3) is 0 Å². The molecule has 0 unspecified atom stereocenters. The summed E-state index contributed by atoms with van der Waals surface area (Å²) in [6.07, 6.45) is 0.346. The number of nitrogens with one attached hydrogen (secondary N) is 1. The minimum absolute atomic E-state index is 0.437. The summed E-state index contributed by atoms with van der Waals surface area (Å²) in [7, 11) is -0.499. The molecule has 2 aliphatic heterocycles. The van der Waals surface area contributed by atoms with Gasteiger partial charge >= 0.3 is 13.2 Å². The van der Waals surface area contributed by atoms with Crippen LogP contribution < -0.4 is 15.5 Å². The highest BCUT2D eigenvalue weighted by Gasteiger charge is 2.52. The van der Waals surface area contributed by atoms with Crippen molar-refractivity contribution in [3.8, 4) is 17.1 Å². The monoisotopic (exact) mass is 548 g/mol. The molecule has 4 aromatic rings. The molecule has 1 saturated heterocycles. The Morgan fingerprint density at radius 1 is 1.08 bits per heavy atom. The van der Waals surface area contributed by atoms with Crippen molar-refractivity contribution in [2.45, 2.75) is 78.2 Å². The van der Waals surface area contributed by atoms with E-state index in [9.17, 15) is 4.79 Å². The number of ether oxygens (including phenoxy) is 2. The molecule has 0 aliphatic carbocycles. The summed E-state index contributed by atoms with van der Waals surface area (Å²) >= 11 is 1.40. The second kappa shape index (κ2) is 8.94. The smallest absolute Gasteiger partial charge is 0.491 e. The zero-order valence-electron chi connectivity index (χ0n) is 23.4. The summed E-state index contributed by atoms with van der Waals surface area (Å²) < 4.78 is 27.4. The summed E-state index contributed by atoms with van der Waals surface area (Å²) in [5.74, 6) is 1.65. The first-order valence-electron chi connectivity index (χ1n) is 13.2. The summed E-state index contributed by atoms with van der Waals surface area (Å²) in [6, 6.07) is 10.1. The number of anilines is 1. The third-order valence-corrected chi connectivity index (χ3v) is 8.33. The van der Waals surface area contributed by atoms with Crippen molar-refractivity contribution in [3.05, 3.63) is 30.3 Å². The Balaban J connectivity index is 1.37. The molecule has 2 aromatic heterocycles. The van der Waals surface area contributed by atoms with Gasteiger partial charge in [-0.25, -0.2) is 14.8 Å². The van der Waals surface area contributed by atoms with Crippen LogP contribution in [0.25, 0.3) is 32.6 Å². The van der Waals surface area contributed by atoms with Crippen LogP contribution in [-0.4, -0.2) is 51.2 Å². The maximum Gasteiger partial charge on any atom is 0.495 e. The molecule has 39 heavy (non-hydrogen) atoms. The van der Waals surface area contributed by atoms with Crippen molar-refractivity contribution < 1.29 is 23.6 Å². The Hall–Kier alpha value is -3.15. The minimum atomic E-state index is -0.582. The molecule has 9 nitrogen and oxygen atoms in total. The van der Waals surface area contributed by atoms with Crippen molar-refractivity contribution >= 4 is 56.4 Å². The van der Waals surface area contributed by atoms with E-state index in [-0.39, 0.29) is 0 Å². The van der Waals surface area contributed by atoms with Crippen LogP contribution in [0.5, 0.6) is 5.75 Å². The fourth-order valence-corrected chi connectivity index (χ4v) is 5.72. The zero-order valence-corrected chi connectivity index (χ0v) is 24.2. The average Bonchev–Trinajstić information content (AvgIpc) is 3.39. The standard InChI is InChI=1S/C28H33BN4O5S/c1-26(2,3)36-25(34)32-24-31-18-10-9-16(13-21(18)39-24)23-30-19-14-17(29-37-27(4,5)28(6,7)38-29)15-20-22(19)33(23)11-8-12-35-20/h9-10,13-15H,8,11-12H2,1-7H3,(H,31,32,34). The lowest BCUT2D eigenvalue weighted by molar-refractivity contribution is 0.00578. The molecule has 1 fully saturated rings. The molecule has 0 atom stereocenters. The summed E-state index contributed by atoms with van der Waals surface area (Å²) in [4.78, 5) is 21.9. The van der Waals surface area contributed by atoms with Crippen LogP contribution in [0.3, 0.4) is 0 Å². The third kappa shape index (κ3) is 4.77. The molecule has 2 aromatic carbocycles. The van der Waals surface area contributed by atoms with E-state index in [1.807, 2.05) is 72.7 Å². The molecule has 0 bridgehead atoms. The van der Waals surface area contributed by atoms with Gasteiger partial charge in [-0.1, -0.05) is 11.3 Å². The first kappa shape index (κ1) is 26.1. The molecule has 0 spiro atoms. The lowest BCUT2D eigenvalue weighted by atomic mass is 9.79. The van der Waals surface area contributed by atoms with E-state index >= 15 is 0 Å². The second-order valence-electron chi connectivity index (χ2n) is 12.1. The lowest BCUT2D eigenvalue weighted by Gasteiger charge is -2.32. The fraction of sp³-hybridized carbons (Fsp3) is 0.464. The predicted molar refractivity (Wildman–Crippen MR) is 154 cm³/mol. The molecular formula is C28H33BN4O5S. The van der Waals surface area contributed by atoms with Crippen LogP contribution in [0.4, 0.5) is 9.93 Å². The van der Waals surface area contributed by atoms with E-state index in [4.69, 9.17) is 23.8 Å². The van der Waals surface area contributed by atoms with Crippen molar-refractivity contribution in [2.24, 2.45) is 0 Å². The van der Waals surface area contributed by atoms with Gasteiger partial charge in [-0.15, -0.1) is 0 Å². The molecule has 2 aliphatic rings. The van der Waals surface area contributed by atoms with E-state index in [1.54, 1.807) is 0 Å². The first-order valence-corrected chi connectivity index (χ1v) is 14.0. The summed E-state index contributed by atoms with van der Waals surface area (Å²) in [5.41, 5.74) is 3.02. The van der Waals surface area contributed by atoms with E-state index in [2.05, 4.69) is 20.9 Å². The molecule has 11 heteroatoms. The Bertz CT molecular complexity index is 1590. The van der Waals surface area contributed by atoms with Gasteiger partial charge in [0.1, 0.15) is 22.7 Å². The normalized spacial score (nSPS) is 18.3. The summed E-state index contributed by atoms with van der Waals surface area (Å²) in [5, 5.41) is 3.24. The van der Waals surface area contributed by atoms with Gasteiger partial charge in [0.2, 0.25) is 0 Å². The largest absolute Gasteiger partial charge is 0.495 e.